The molecule has 1 unspecified atom stereocenters. The molecule has 0 N–H and O–H groups in total. The van der Waals surface area contributed by atoms with Crippen molar-refractivity contribution in [1.29, 1.82) is 0 Å². The molecule has 2 aromatic rings. The molecule has 1 aliphatic heterocycles. The molecule has 3 nitrogen and oxygen atoms in total. The molecule has 3 rings (SSSR count). The molecule has 1 fully saturated rings. The summed E-state index contributed by atoms with van der Waals surface area (Å²) in [5.41, 5.74) is 1.45. The number of amides is 1. The number of carbonyl (C=O) groups excluding carboxylic acids is 1. The van der Waals surface area contributed by atoms with E-state index in [4.69, 9.17) is 0 Å². The van der Waals surface area contributed by atoms with Crippen LogP contribution in [-0.2, 0) is 0 Å². The Morgan fingerprint density at radius 1 is 1.40 bits per heavy atom. The van der Waals surface area contributed by atoms with Gasteiger partial charge in [-0.25, -0.2) is 4.39 Å². The molecule has 1 aromatic carbocycles. The van der Waals surface area contributed by atoms with Crippen LogP contribution in [0.5, 0.6) is 0 Å². The number of carbonyl (C=O) groups is 1. The van der Waals surface area contributed by atoms with Gasteiger partial charge < -0.3 is 4.90 Å². The Balaban J connectivity index is 1.85. The van der Waals surface area contributed by atoms with Crippen molar-refractivity contribution in [3.8, 4) is 0 Å². The lowest BCUT2D eigenvalue weighted by molar-refractivity contribution is 0.0731. The molecule has 20 heavy (non-hydrogen) atoms. The first-order chi connectivity index (χ1) is 9.65. The first-order valence-corrected chi connectivity index (χ1v) is 7.90. The summed E-state index contributed by atoms with van der Waals surface area (Å²) in [6.45, 7) is 0.718. The Kier molecular flexibility index (Phi) is 3.85. The normalized spacial score (nSPS) is 18.5. The lowest BCUT2D eigenvalue weighted by Crippen LogP contribution is -2.30. The maximum absolute atomic E-state index is 13.0. The molecule has 1 saturated heterocycles. The van der Waals surface area contributed by atoms with E-state index in [-0.39, 0.29) is 17.8 Å². The van der Waals surface area contributed by atoms with Crippen molar-refractivity contribution in [2.75, 3.05) is 6.54 Å². The third-order valence-corrected chi connectivity index (χ3v) is 4.71. The van der Waals surface area contributed by atoms with Gasteiger partial charge in [0, 0.05) is 6.54 Å². The number of nitrogens with zero attached hydrogens (tertiary/aromatic N) is 2. The standard InChI is InChI=1S/C14H12BrFN2OS/c15-13-8-11(17-20-13)14(19)18-7-1-2-12(18)9-3-5-10(16)6-4-9/h3-6,8,12H,1-2,7H2. The molecule has 1 aliphatic rings. The topological polar surface area (TPSA) is 33.2 Å². The molecule has 0 radical (unpaired) electrons. The maximum atomic E-state index is 13.0. The largest absolute Gasteiger partial charge is 0.330 e. The lowest BCUT2D eigenvalue weighted by Gasteiger charge is -2.24. The fourth-order valence-corrected chi connectivity index (χ4v) is 3.46. The van der Waals surface area contributed by atoms with Crippen LogP contribution in [0.4, 0.5) is 4.39 Å². The fourth-order valence-electron chi connectivity index (χ4n) is 2.54. The Bertz CT molecular complexity index is 628. The van der Waals surface area contributed by atoms with Crippen molar-refractivity contribution in [3.63, 3.8) is 0 Å². The Morgan fingerprint density at radius 2 is 2.15 bits per heavy atom. The predicted molar refractivity (Wildman–Crippen MR) is 79.2 cm³/mol. The predicted octanol–water partition coefficient (Wildman–Crippen LogP) is 4.02. The second-order valence-electron chi connectivity index (χ2n) is 4.72. The third-order valence-electron chi connectivity index (χ3n) is 3.47. The molecule has 6 heteroatoms. The van der Waals surface area contributed by atoms with E-state index in [1.54, 1.807) is 18.2 Å². The summed E-state index contributed by atoms with van der Waals surface area (Å²) in [6, 6.07) is 8.15. The van der Waals surface area contributed by atoms with E-state index in [0.29, 0.717) is 5.69 Å². The molecule has 1 amide bonds. The Morgan fingerprint density at radius 3 is 2.80 bits per heavy atom. The highest BCUT2D eigenvalue weighted by Crippen LogP contribution is 2.33. The number of hydrogen-bond acceptors (Lipinski definition) is 3. The summed E-state index contributed by atoms with van der Waals surface area (Å²) in [6.07, 6.45) is 1.86. The summed E-state index contributed by atoms with van der Waals surface area (Å²) in [7, 11) is 0. The van der Waals surface area contributed by atoms with Crippen LogP contribution in [-0.4, -0.2) is 21.7 Å². The zero-order valence-electron chi connectivity index (χ0n) is 10.6. The maximum Gasteiger partial charge on any atom is 0.274 e. The van der Waals surface area contributed by atoms with Crippen molar-refractivity contribution in [2.24, 2.45) is 0 Å². The number of rotatable bonds is 2. The van der Waals surface area contributed by atoms with Crippen molar-refractivity contribution in [1.82, 2.24) is 9.27 Å². The van der Waals surface area contributed by atoms with Crippen molar-refractivity contribution in [3.05, 3.63) is 51.2 Å². The molecule has 104 valence electrons. The highest BCUT2D eigenvalue weighted by Gasteiger charge is 2.31. The third kappa shape index (κ3) is 2.62. The molecular weight excluding hydrogens is 343 g/mol. The number of likely N-dealkylation sites (tertiary alicyclic amines) is 1. The smallest absolute Gasteiger partial charge is 0.274 e. The van der Waals surface area contributed by atoms with Gasteiger partial charge in [0.2, 0.25) is 0 Å². The van der Waals surface area contributed by atoms with E-state index in [0.717, 1.165) is 28.7 Å². The molecule has 0 aliphatic carbocycles. The molecule has 0 bridgehead atoms. The fraction of sp³-hybridized carbons (Fsp3) is 0.286. The molecule has 0 saturated carbocycles. The van der Waals surface area contributed by atoms with Gasteiger partial charge in [0.25, 0.3) is 5.91 Å². The van der Waals surface area contributed by atoms with Crippen LogP contribution in [0.2, 0.25) is 0 Å². The summed E-state index contributed by atoms with van der Waals surface area (Å²) in [4.78, 5) is 14.3. The lowest BCUT2D eigenvalue weighted by atomic mass is 10.0. The monoisotopic (exact) mass is 354 g/mol. The van der Waals surface area contributed by atoms with Crippen LogP contribution in [0.15, 0.2) is 34.1 Å². The first kappa shape index (κ1) is 13.7. The minimum Gasteiger partial charge on any atom is -0.330 e. The van der Waals surface area contributed by atoms with Crippen molar-refractivity contribution < 1.29 is 9.18 Å². The zero-order valence-corrected chi connectivity index (χ0v) is 13.0. The second-order valence-corrected chi connectivity index (χ2v) is 6.91. The van der Waals surface area contributed by atoms with Gasteiger partial charge in [0.15, 0.2) is 0 Å². The summed E-state index contributed by atoms with van der Waals surface area (Å²) in [5, 5.41) is 0. The SMILES string of the molecule is O=C(c1cc(Br)sn1)N1CCCC1c1ccc(F)cc1. The van der Waals surface area contributed by atoms with Gasteiger partial charge in [-0.05, 0) is 64.1 Å². The van der Waals surface area contributed by atoms with E-state index in [2.05, 4.69) is 20.3 Å². The number of hydrogen-bond donors (Lipinski definition) is 0. The van der Waals surface area contributed by atoms with E-state index in [1.165, 1.54) is 23.7 Å². The van der Waals surface area contributed by atoms with Crippen LogP contribution in [0, 0.1) is 5.82 Å². The molecule has 2 heterocycles. The van der Waals surface area contributed by atoms with Crippen LogP contribution >= 0.6 is 27.5 Å². The highest BCUT2D eigenvalue weighted by molar-refractivity contribution is 9.11. The Hall–Kier alpha value is -1.27. The highest BCUT2D eigenvalue weighted by atomic mass is 79.9. The van der Waals surface area contributed by atoms with E-state index in [9.17, 15) is 9.18 Å². The van der Waals surface area contributed by atoms with Gasteiger partial charge in [-0.2, -0.15) is 4.37 Å². The van der Waals surface area contributed by atoms with Gasteiger partial charge >= 0.3 is 0 Å². The molecule has 0 spiro atoms. The van der Waals surface area contributed by atoms with Gasteiger partial charge in [-0.1, -0.05) is 12.1 Å². The van der Waals surface area contributed by atoms with Gasteiger partial charge in [-0.3, -0.25) is 4.79 Å². The number of aromatic nitrogens is 1. The van der Waals surface area contributed by atoms with Gasteiger partial charge in [0.1, 0.15) is 11.5 Å². The minimum atomic E-state index is -0.256. The molecule has 1 atom stereocenters. The average molecular weight is 355 g/mol. The van der Waals surface area contributed by atoms with Crippen LogP contribution in [0.25, 0.3) is 0 Å². The zero-order chi connectivity index (χ0) is 14.1. The molecular formula is C14H12BrFN2OS. The number of halogens is 2. The first-order valence-electron chi connectivity index (χ1n) is 6.34. The van der Waals surface area contributed by atoms with Crippen LogP contribution in [0.3, 0.4) is 0 Å². The number of benzene rings is 1. The molecule has 1 aromatic heterocycles. The van der Waals surface area contributed by atoms with E-state index in [1.807, 2.05) is 4.90 Å². The van der Waals surface area contributed by atoms with Gasteiger partial charge in [0.05, 0.1) is 9.83 Å². The Labute approximate surface area is 128 Å². The summed E-state index contributed by atoms with van der Waals surface area (Å²) in [5.74, 6) is -0.313. The van der Waals surface area contributed by atoms with Crippen molar-refractivity contribution in [2.45, 2.75) is 18.9 Å². The summed E-state index contributed by atoms with van der Waals surface area (Å²) >= 11 is 4.58. The van der Waals surface area contributed by atoms with E-state index < -0.39 is 0 Å². The average Bonchev–Trinajstić information content (AvgIpc) is 3.07. The summed E-state index contributed by atoms with van der Waals surface area (Å²) < 4.78 is 18.0. The van der Waals surface area contributed by atoms with E-state index >= 15 is 0 Å². The quantitative estimate of drug-likeness (QED) is 0.815. The second kappa shape index (κ2) is 5.61. The van der Waals surface area contributed by atoms with Gasteiger partial charge in [-0.15, -0.1) is 0 Å². The minimum absolute atomic E-state index is 0.0172. The van der Waals surface area contributed by atoms with Crippen LogP contribution in [0.1, 0.15) is 34.9 Å². The van der Waals surface area contributed by atoms with Crippen molar-refractivity contribution >= 4 is 33.4 Å². The van der Waals surface area contributed by atoms with Crippen LogP contribution < -0.4 is 0 Å².